The largest absolute Gasteiger partial charge is 0.370 e. The highest BCUT2D eigenvalue weighted by atomic mass is 16.5. The first kappa shape index (κ1) is 23.2. The Morgan fingerprint density at radius 3 is 2.66 bits per heavy atom. The predicted molar refractivity (Wildman–Crippen MR) is 131 cm³/mol. The Bertz CT molecular complexity index is 1130. The topological polar surface area (TPSA) is 91.4 Å². The van der Waals surface area contributed by atoms with Crippen LogP contribution >= 0.6 is 0 Å². The molecule has 2 amide bonds. The van der Waals surface area contributed by atoms with Crippen molar-refractivity contribution in [3.63, 3.8) is 0 Å². The highest BCUT2D eigenvalue weighted by Crippen LogP contribution is 2.25. The van der Waals surface area contributed by atoms with Crippen LogP contribution in [0.2, 0.25) is 0 Å². The summed E-state index contributed by atoms with van der Waals surface area (Å²) in [4.78, 5) is 34.5. The lowest BCUT2D eigenvalue weighted by Gasteiger charge is -2.34. The van der Waals surface area contributed by atoms with Crippen LogP contribution in [0, 0.1) is 0 Å². The number of nitrogens with one attached hydrogen (secondary N) is 1. The van der Waals surface area contributed by atoms with Gasteiger partial charge in [-0.2, -0.15) is 5.10 Å². The number of ether oxygens (including phenoxy) is 1. The molecule has 1 aliphatic carbocycles. The molecule has 182 valence electrons. The van der Waals surface area contributed by atoms with Gasteiger partial charge in [0.1, 0.15) is 12.2 Å². The van der Waals surface area contributed by atoms with E-state index in [1.165, 1.54) is 6.42 Å². The minimum Gasteiger partial charge on any atom is -0.370 e. The number of benzene rings is 1. The number of hydrogen-bond donors (Lipinski definition) is 1. The first-order chi connectivity index (χ1) is 17.2. The first-order valence-corrected chi connectivity index (χ1v) is 12.4. The molecule has 1 saturated carbocycles. The Balaban J connectivity index is 1.35. The molecule has 0 bridgehead atoms. The van der Waals surface area contributed by atoms with Gasteiger partial charge < -0.3 is 14.5 Å². The van der Waals surface area contributed by atoms with Gasteiger partial charge in [-0.15, -0.1) is 0 Å². The van der Waals surface area contributed by atoms with E-state index >= 15 is 0 Å². The summed E-state index contributed by atoms with van der Waals surface area (Å²) in [7, 11) is 0. The fourth-order valence-electron chi connectivity index (χ4n) is 5.00. The second-order valence-electron chi connectivity index (χ2n) is 9.35. The van der Waals surface area contributed by atoms with Crippen LogP contribution in [0.25, 0.3) is 11.3 Å². The van der Waals surface area contributed by atoms with Crippen LogP contribution in [-0.4, -0.2) is 68.6 Å². The molecule has 1 saturated heterocycles. The summed E-state index contributed by atoms with van der Waals surface area (Å²) >= 11 is 0. The summed E-state index contributed by atoms with van der Waals surface area (Å²) in [5, 5.41) is 7.19. The fourth-order valence-corrected chi connectivity index (χ4v) is 5.00. The van der Waals surface area contributed by atoms with Gasteiger partial charge in [0.2, 0.25) is 5.91 Å². The standard InChI is InChI=1S/C27H31N5O3/c33-26-18-31(27(34)25-14-24(29-30-25)21-9-3-1-4-10-21)16-23(35-19-20-8-7-13-28-15-20)17-32(26)22-11-5-2-6-12-22/h1,3-4,7-10,13-15,22-23H,2,5-6,11-12,16-19H2,(H,29,30)/t23-/m1/s1. The van der Waals surface area contributed by atoms with Gasteiger partial charge in [0.25, 0.3) is 5.91 Å². The van der Waals surface area contributed by atoms with E-state index in [2.05, 4.69) is 15.2 Å². The number of H-pyrrole nitrogens is 1. The molecule has 2 aliphatic rings. The molecule has 8 nitrogen and oxygen atoms in total. The van der Waals surface area contributed by atoms with E-state index in [0.29, 0.717) is 31.1 Å². The number of pyridine rings is 1. The van der Waals surface area contributed by atoms with Gasteiger partial charge in [-0.1, -0.05) is 55.7 Å². The lowest BCUT2D eigenvalue weighted by molar-refractivity contribution is -0.134. The number of amides is 2. The van der Waals surface area contributed by atoms with Crippen molar-refractivity contribution in [1.82, 2.24) is 25.0 Å². The zero-order valence-electron chi connectivity index (χ0n) is 19.8. The zero-order chi connectivity index (χ0) is 24.0. The van der Waals surface area contributed by atoms with Crippen molar-refractivity contribution in [3.8, 4) is 11.3 Å². The van der Waals surface area contributed by atoms with Crippen LogP contribution in [0.15, 0.2) is 60.9 Å². The van der Waals surface area contributed by atoms with Crippen molar-refractivity contribution in [1.29, 1.82) is 0 Å². The monoisotopic (exact) mass is 473 g/mol. The number of aromatic amines is 1. The summed E-state index contributed by atoms with van der Waals surface area (Å²) in [5.41, 5.74) is 2.96. The number of hydrogen-bond acceptors (Lipinski definition) is 5. The highest BCUT2D eigenvalue weighted by Gasteiger charge is 2.35. The minimum absolute atomic E-state index is 0.0134. The van der Waals surface area contributed by atoms with Crippen molar-refractivity contribution in [3.05, 3.63) is 72.2 Å². The van der Waals surface area contributed by atoms with E-state index in [1.807, 2.05) is 47.4 Å². The van der Waals surface area contributed by atoms with E-state index < -0.39 is 0 Å². The van der Waals surface area contributed by atoms with Crippen LogP contribution < -0.4 is 0 Å². The van der Waals surface area contributed by atoms with Crippen LogP contribution in [0.3, 0.4) is 0 Å². The molecule has 5 rings (SSSR count). The maximum Gasteiger partial charge on any atom is 0.272 e. The number of nitrogens with zero attached hydrogens (tertiary/aromatic N) is 4. The van der Waals surface area contributed by atoms with E-state index in [9.17, 15) is 9.59 Å². The zero-order valence-corrected chi connectivity index (χ0v) is 19.8. The van der Waals surface area contributed by atoms with Crippen molar-refractivity contribution < 1.29 is 14.3 Å². The normalized spacial score (nSPS) is 19.5. The Morgan fingerprint density at radius 2 is 1.89 bits per heavy atom. The number of aromatic nitrogens is 3. The SMILES string of the molecule is O=C(c1cc(-c2ccccc2)n[nH]1)N1CC(=O)N(C2CCCCC2)C[C@H](OCc2cccnc2)C1. The van der Waals surface area contributed by atoms with Crippen molar-refractivity contribution in [2.24, 2.45) is 0 Å². The summed E-state index contributed by atoms with van der Waals surface area (Å²) in [6, 6.07) is 15.5. The summed E-state index contributed by atoms with van der Waals surface area (Å²) in [5.74, 6) is -0.256. The Kier molecular flexibility index (Phi) is 7.18. The molecule has 3 aromatic rings. The molecular formula is C27H31N5O3. The molecule has 35 heavy (non-hydrogen) atoms. The smallest absolute Gasteiger partial charge is 0.272 e. The molecule has 1 atom stereocenters. The molecular weight excluding hydrogens is 442 g/mol. The molecule has 0 radical (unpaired) electrons. The van der Waals surface area contributed by atoms with E-state index in [-0.39, 0.29) is 30.5 Å². The van der Waals surface area contributed by atoms with Gasteiger partial charge in [0, 0.05) is 37.1 Å². The Morgan fingerprint density at radius 1 is 1.06 bits per heavy atom. The Labute approximate surface area is 205 Å². The minimum atomic E-state index is -0.288. The molecule has 1 N–H and O–H groups in total. The lowest BCUT2D eigenvalue weighted by atomic mass is 9.94. The molecule has 0 unspecified atom stereocenters. The quantitative estimate of drug-likeness (QED) is 0.590. The third-order valence-electron chi connectivity index (χ3n) is 6.86. The third kappa shape index (κ3) is 5.59. The van der Waals surface area contributed by atoms with E-state index in [0.717, 1.165) is 36.8 Å². The molecule has 1 aromatic carbocycles. The van der Waals surface area contributed by atoms with Gasteiger partial charge in [0.05, 0.1) is 18.4 Å². The lowest BCUT2D eigenvalue weighted by Crippen LogP contribution is -2.46. The second kappa shape index (κ2) is 10.8. The van der Waals surface area contributed by atoms with Crippen LogP contribution in [0.1, 0.15) is 48.2 Å². The van der Waals surface area contributed by atoms with Crippen molar-refractivity contribution in [2.75, 3.05) is 19.6 Å². The fraction of sp³-hybridized carbons (Fsp3) is 0.407. The summed E-state index contributed by atoms with van der Waals surface area (Å²) in [6.45, 7) is 1.26. The third-order valence-corrected chi connectivity index (χ3v) is 6.86. The molecule has 2 aromatic heterocycles. The van der Waals surface area contributed by atoms with Crippen molar-refractivity contribution >= 4 is 11.8 Å². The van der Waals surface area contributed by atoms with Gasteiger partial charge >= 0.3 is 0 Å². The highest BCUT2D eigenvalue weighted by molar-refractivity contribution is 5.96. The first-order valence-electron chi connectivity index (χ1n) is 12.4. The number of carbonyl (C=O) groups excluding carboxylic acids is 2. The maximum absolute atomic E-state index is 13.5. The molecule has 1 aliphatic heterocycles. The van der Waals surface area contributed by atoms with Crippen LogP contribution in [0.4, 0.5) is 0 Å². The molecule has 0 spiro atoms. The van der Waals surface area contributed by atoms with E-state index in [1.54, 1.807) is 23.4 Å². The molecule has 3 heterocycles. The average Bonchev–Trinajstić information content (AvgIpc) is 3.34. The average molecular weight is 474 g/mol. The van der Waals surface area contributed by atoms with Gasteiger partial charge in [-0.05, 0) is 30.5 Å². The predicted octanol–water partition coefficient (Wildman–Crippen LogP) is 3.67. The Hall–Kier alpha value is -3.52. The number of carbonyl (C=O) groups is 2. The number of rotatable bonds is 6. The summed E-state index contributed by atoms with van der Waals surface area (Å²) < 4.78 is 6.26. The van der Waals surface area contributed by atoms with Gasteiger partial charge in [-0.25, -0.2) is 0 Å². The van der Waals surface area contributed by atoms with Gasteiger partial charge in [-0.3, -0.25) is 19.7 Å². The molecule has 2 fully saturated rings. The molecule has 8 heteroatoms. The van der Waals surface area contributed by atoms with Crippen LogP contribution in [0.5, 0.6) is 0 Å². The van der Waals surface area contributed by atoms with Gasteiger partial charge in [0.15, 0.2) is 0 Å². The van der Waals surface area contributed by atoms with Crippen LogP contribution in [-0.2, 0) is 16.1 Å². The van der Waals surface area contributed by atoms with E-state index in [4.69, 9.17) is 4.74 Å². The maximum atomic E-state index is 13.5. The summed E-state index contributed by atoms with van der Waals surface area (Å²) in [6.07, 6.45) is 8.72. The second-order valence-corrected chi connectivity index (χ2v) is 9.35. The van der Waals surface area contributed by atoms with Crippen molar-refractivity contribution in [2.45, 2.75) is 50.9 Å².